The molecule has 3 aromatic carbocycles. The molecule has 0 aliphatic carbocycles. The second-order valence-corrected chi connectivity index (χ2v) is 6.57. The zero-order chi connectivity index (χ0) is 19.2. The molecule has 1 amide bonds. The van der Waals surface area contributed by atoms with Crippen LogP contribution in [-0.4, -0.2) is 18.1 Å². The van der Waals surface area contributed by atoms with E-state index in [1.807, 2.05) is 54.6 Å². The molecule has 0 bridgehead atoms. The van der Waals surface area contributed by atoms with Gasteiger partial charge in [-0.2, -0.15) is 0 Å². The second-order valence-electron chi connectivity index (χ2n) is 6.57. The maximum atomic E-state index is 12.6. The Kier molecular flexibility index (Phi) is 5.97. The van der Waals surface area contributed by atoms with E-state index in [9.17, 15) is 9.90 Å². The largest absolute Gasteiger partial charge is 0.508 e. The van der Waals surface area contributed by atoms with Crippen molar-refractivity contribution in [3.63, 3.8) is 0 Å². The summed E-state index contributed by atoms with van der Waals surface area (Å²) in [5, 5.41) is 15.7. The Morgan fingerprint density at radius 1 is 1.07 bits per heavy atom. The first kappa shape index (κ1) is 18.8. The highest BCUT2D eigenvalue weighted by molar-refractivity contribution is 5.89. The topological polar surface area (TPSA) is 58.6 Å². The number of amides is 1. The van der Waals surface area contributed by atoms with Crippen LogP contribution in [-0.2, 0) is 4.79 Å². The van der Waals surface area contributed by atoms with Gasteiger partial charge in [-0.3, -0.25) is 4.79 Å². The number of phenols is 1. The molecule has 4 heteroatoms. The van der Waals surface area contributed by atoms with E-state index in [2.05, 4.69) is 12.2 Å². The number of unbranched alkanes of at least 4 members (excludes halogenated alkanes) is 1. The van der Waals surface area contributed by atoms with Crippen molar-refractivity contribution >= 4 is 16.7 Å². The van der Waals surface area contributed by atoms with E-state index < -0.39 is 6.04 Å². The Labute approximate surface area is 159 Å². The average Bonchev–Trinajstić information content (AvgIpc) is 2.71. The number of ether oxygens (including phenoxy) is 1. The number of para-hydroxylation sites is 1. The molecule has 0 heterocycles. The van der Waals surface area contributed by atoms with Crippen LogP contribution in [0, 0.1) is 0 Å². The molecule has 3 aromatic rings. The first-order valence-corrected chi connectivity index (χ1v) is 9.28. The molecule has 140 valence electrons. The van der Waals surface area contributed by atoms with Crippen molar-refractivity contribution in [2.45, 2.75) is 32.2 Å². The molecular weight excluding hydrogens is 338 g/mol. The number of rotatable bonds is 7. The quantitative estimate of drug-likeness (QED) is 0.624. The Balaban J connectivity index is 2.16. The Morgan fingerprint density at radius 2 is 1.81 bits per heavy atom. The Morgan fingerprint density at radius 3 is 2.59 bits per heavy atom. The molecule has 2 N–H and O–H groups in total. The average molecular weight is 363 g/mol. The standard InChI is InChI=1S/C23H25NO3/c1-3-4-13-21(26)24-23(18-11-7-8-12-20(18)27-2)22-17-10-6-5-9-16(17)14-15-19(22)25/h5-12,14-15,23,25H,3-4,13H2,1-2H3,(H,24,26)/t23-/m0/s1. The van der Waals surface area contributed by atoms with E-state index in [0.29, 0.717) is 17.7 Å². The van der Waals surface area contributed by atoms with Crippen LogP contribution in [0.1, 0.15) is 43.4 Å². The van der Waals surface area contributed by atoms with Gasteiger partial charge in [-0.1, -0.05) is 61.9 Å². The van der Waals surface area contributed by atoms with Crippen LogP contribution in [0.15, 0.2) is 60.7 Å². The van der Waals surface area contributed by atoms with Crippen molar-refractivity contribution in [1.29, 1.82) is 0 Å². The van der Waals surface area contributed by atoms with E-state index >= 15 is 0 Å². The summed E-state index contributed by atoms with van der Waals surface area (Å²) in [7, 11) is 1.61. The van der Waals surface area contributed by atoms with E-state index in [-0.39, 0.29) is 11.7 Å². The third-order valence-corrected chi connectivity index (χ3v) is 4.75. The molecule has 0 saturated heterocycles. The lowest BCUT2D eigenvalue weighted by atomic mass is 9.92. The van der Waals surface area contributed by atoms with Gasteiger partial charge in [-0.15, -0.1) is 0 Å². The number of aromatic hydroxyl groups is 1. The number of hydrogen-bond acceptors (Lipinski definition) is 3. The highest BCUT2D eigenvalue weighted by Crippen LogP contribution is 2.38. The minimum absolute atomic E-state index is 0.0416. The number of nitrogens with one attached hydrogen (secondary N) is 1. The lowest BCUT2D eigenvalue weighted by molar-refractivity contribution is -0.121. The molecule has 1 atom stereocenters. The Bertz CT molecular complexity index is 936. The van der Waals surface area contributed by atoms with Gasteiger partial charge in [0, 0.05) is 17.5 Å². The molecule has 0 aliphatic rings. The fourth-order valence-corrected chi connectivity index (χ4v) is 3.37. The molecular formula is C23H25NO3. The maximum absolute atomic E-state index is 12.6. The number of methoxy groups -OCH3 is 1. The molecule has 27 heavy (non-hydrogen) atoms. The predicted molar refractivity (Wildman–Crippen MR) is 108 cm³/mol. The van der Waals surface area contributed by atoms with Gasteiger partial charge in [-0.05, 0) is 29.3 Å². The number of benzene rings is 3. The molecule has 0 aliphatic heterocycles. The summed E-state index contributed by atoms with van der Waals surface area (Å²) in [6.07, 6.45) is 2.23. The summed E-state index contributed by atoms with van der Waals surface area (Å²) >= 11 is 0. The highest BCUT2D eigenvalue weighted by Gasteiger charge is 2.24. The van der Waals surface area contributed by atoms with Crippen molar-refractivity contribution < 1.29 is 14.6 Å². The highest BCUT2D eigenvalue weighted by atomic mass is 16.5. The SMILES string of the molecule is CCCCC(=O)N[C@@H](c1ccccc1OC)c1c(O)ccc2ccccc12. The van der Waals surface area contributed by atoms with Gasteiger partial charge >= 0.3 is 0 Å². The van der Waals surface area contributed by atoms with Crippen LogP contribution in [0.5, 0.6) is 11.5 Å². The van der Waals surface area contributed by atoms with Crippen molar-refractivity contribution in [2.24, 2.45) is 0 Å². The molecule has 4 nitrogen and oxygen atoms in total. The minimum Gasteiger partial charge on any atom is -0.508 e. The summed E-state index contributed by atoms with van der Waals surface area (Å²) in [6, 6.07) is 18.5. The molecule has 0 spiro atoms. The first-order chi connectivity index (χ1) is 13.2. The Hall–Kier alpha value is -3.01. The fraction of sp³-hybridized carbons (Fsp3) is 0.261. The second kappa shape index (κ2) is 8.58. The van der Waals surface area contributed by atoms with Gasteiger partial charge in [0.15, 0.2) is 0 Å². The van der Waals surface area contributed by atoms with Crippen LogP contribution >= 0.6 is 0 Å². The predicted octanol–water partition coefficient (Wildman–Crippen LogP) is 4.95. The summed E-state index contributed by atoms with van der Waals surface area (Å²) in [6.45, 7) is 2.06. The van der Waals surface area contributed by atoms with Crippen molar-refractivity contribution in [3.8, 4) is 11.5 Å². The lowest BCUT2D eigenvalue weighted by Crippen LogP contribution is -2.29. The molecule has 0 saturated carbocycles. The normalized spacial score (nSPS) is 11.9. The molecule has 0 unspecified atom stereocenters. The minimum atomic E-state index is -0.503. The third kappa shape index (κ3) is 4.05. The van der Waals surface area contributed by atoms with E-state index in [1.165, 1.54) is 0 Å². The van der Waals surface area contributed by atoms with Crippen molar-refractivity contribution in [1.82, 2.24) is 5.32 Å². The van der Waals surface area contributed by atoms with Crippen LogP contribution in [0.25, 0.3) is 10.8 Å². The smallest absolute Gasteiger partial charge is 0.220 e. The number of hydrogen-bond donors (Lipinski definition) is 2. The zero-order valence-electron chi connectivity index (χ0n) is 15.7. The van der Waals surface area contributed by atoms with Gasteiger partial charge in [0.2, 0.25) is 5.91 Å². The van der Waals surface area contributed by atoms with E-state index in [1.54, 1.807) is 13.2 Å². The van der Waals surface area contributed by atoms with Crippen LogP contribution in [0.4, 0.5) is 0 Å². The van der Waals surface area contributed by atoms with Gasteiger partial charge in [0.05, 0.1) is 13.2 Å². The van der Waals surface area contributed by atoms with Crippen LogP contribution < -0.4 is 10.1 Å². The number of phenolic OH excluding ortho intramolecular Hbond substituents is 1. The zero-order valence-corrected chi connectivity index (χ0v) is 15.7. The lowest BCUT2D eigenvalue weighted by Gasteiger charge is -2.24. The summed E-state index contributed by atoms with van der Waals surface area (Å²) in [5.41, 5.74) is 1.50. The molecule has 0 aromatic heterocycles. The number of carbonyl (C=O) groups is 1. The summed E-state index contributed by atoms with van der Waals surface area (Å²) in [4.78, 5) is 12.6. The van der Waals surface area contributed by atoms with Gasteiger partial charge in [0.25, 0.3) is 0 Å². The summed E-state index contributed by atoms with van der Waals surface area (Å²) < 4.78 is 5.53. The summed E-state index contributed by atoms with van der Waals surface area (Å²) in [5.74, 6) is 0.783. The van der Waals surface area contributed by atoms with Gasteiger partial charge in [-0.25, -0.2) is 0 Å². The van der Waals surface area contributed by atoms with Crippen LogP contribution in [0.3, 0.4) is 0 Å². The van der Waals surface area contributed by atoms with Crippen molar-refractivity contribution in [3.05, 3.63) is 71.8 Å². The monoisotopic (exact) mass is 363 g/mol. The molecule has 0 fully saturated rings. The number of carbonyl (C=O) groups excluding carboxylic acids is 1. The molecule has 0 radical (unpaired) electrons. The van der Waals surface area contributed by atoms with Gasteiger partial charge in [0.1, 0.15) is 11.5 Å². The third-order valence-electron chi connectivity index (χ3n) is 4.75. The van der Waals surface area contributed by atoms with Crippen molar-refractivity contribution in [2.75, 3.05) is 7.11 Å². The fourth-order valence-electron chi connectivity index (χ4n) is 3.37. The van der Waals surface area contributed by atoms with Gasteiger partial charge < -0.3 is 15.2 Å². The first-order valence-electron chi connectivity index (χ1n) is 9.28. The number of fused-ring (bicyclic) bond motifs is 1. The molecule has 3 rings (SSSR count). The maximum Gasteiger partial charge on any atom is 0.220 e. The van der Waals surface area contributed by atoms with E-state index in [0.717, 1.165) is 29.2 Å². The van der Waals surface area contributed by atoms with E-state index in [4.69, 9.17) is 4.74 Å². The van der Waals surface area contributed by atoms with Crippen LogP contribution in [0.2, 0.25) is 0 Å².